The Labute approximate surface area is 163 Å². The summed E-state index contributed by atoms with van der Waals surface area (Å²) in [5.74, 6) is -1.82. The highest BCUT2D eigenvalue weighted by atomic mass is 19.1. The number of piperidine rings is 1. The van der Waals surface area contributed by atoms with E-state index in [-0.39, 0.29) is 11.3 Å². The first kappa shape index (κ1) is 21.7. The van der Waals surface area contributed by atoms with Gasteiger partial charge in [0.1, 0.15) is 17.2 Å². The molecule has 0 aliphatic carbocycles. The average Bonchev–Trinajstić information content (AvgIpc) is 2.64. The van der Waals surface area contributed by atoms with E-state index in [4.69, 9.17) is 14.2 Å². The monoisotopic (exact) mass is 395 g/mol. The predicted octanol–water partition coefficient (Wildman–Crippen LogP) is 3.21. The van der Waals surface area contributed by atoms with Gasteiger partial charge >= 0.3 is 12.1 Å². The molecule has 1 aliphatic rings. The maximum atomic E-state index is 13.4. The van der Waals surface area contributed by atoms with Crippen molar-refractivity contribution in [2.75, 3.05) is 26.8 Å². The van der Waals surface area contributed by atoms with Gasteiger partial charge in [-0.25, -0.2) is 9.18 Å². The van der Waals surface area contributed by atoms with E-state index in [1.54, 1.807) is 25.7 Å². The number of carbonyl (C=O) groups excluding carboxylic acids is 3. The third-order valence-corrected chi connectivity index (χ3v) is 4.29. The van der Waals surface area contributed by atoms with Crippen LogP contribution in [-0.2, 0) is 14.3 Å². The average molecular weight is 395 g/mol. The smallest absolute Gasteiger partial charge is 0.410 e. The van der Waals surface area contributed by atoms with Crippen molar-refractivity contribution in [3.05, 3.63) is 29.6 Å². The molecule has 1 heterocycles. The van der Waals surface area contributed by atoms with Gasteiger partial charge in [-0.15, -0.1) is 0 Å². The molecule has 0 saturated carbocycles. The fourth-order valence-corrected chi connectivity index (χ4v) is 2.85. The zero-order valence-electron chi connectivity index (χ0n) is 16.6. The largest absolute Gasteiger partial charge is 0.496 e. The molecule has 1 fully saturated rings. The van der Waals surface area contributed by atoms with Gasteiger partial charge in [-0.1, -0.05) is 0 Å². The first-order valence-electron chi connectivity index (χ1n) is 9.12. The van der Waals surface area contributed by atoms with Crippen LogP contribution in [0.4, 0.5) is 9.18 Å². The Morgan fingerprint density at radius 2 is 1.82 bits per heavy atom. The summed E-state index contributed by atoms with van der Waals surface area (Å²) in [5, 5.41) is 0. The number of hydrogen-bond donors (Lipinski definition) is 0. The van der Waals surface area contributed by atoms with Crippen molar-refractivity contribution in [1.29, 1.82) is 0 Å². The molecule has 1 aliphatic heterocycles. The minimum absolute atomic E-state index is 0.0232. The number of nitrogens with zero attached hydrogens (tertiary/aromatic N) is 1. The second kappa shape index (κ2) is 9.03. The number of ketones is 1. The normalized spacial score (nSPS) is 15.1. The summed E-state index contributed by atoms with van der Waals surface area (Å²) in [6.07, 6.45) is 0.443. The van der Waals surface area contributed by atoms with E-state index in [0.29, 0.717) is 25.9 Å². The van der Waals surface area contributed by atoms with Crippen molar-refractivity contribution in [1.82, 2.24) is 4.90 Å². The first-order chi connectivity index (χ1) is 13.1. The van der Waals surface area contributed by atoms with Gasteiger partial charge in [-0.3, -0.25) is 9.59 Å². The number of Topliss-reactive ketones (excluding diaryl/α,β-unsaturated/α-hetero) is 1. The van der Waals surface area contributed by atoms with E-state index in [1.807, 2.05) is 0 Å². The molecule has 0 spiro atoms. The van der Waals surface area contributed by atoms with Crippen LogP contribution < -0.4 is 4.74 Å². The van der Waals surface area contributed by atoms with Gasteiger partial charge in [0.25, 0.3) is 0 Å². The molecule has 1 aromatic rings. The number of ether oxygens (including phenoxy) is 3. The van der Waals surface area contributed by atoms with Crippen molar-refractivity contribution in [3.63, 3.8) is 0 Å². The first-order valence-corrected chi connectivity index (χ1v) is 9.12. The molecule has 1 amide bonds. The second-order valence-electron chi connectivity index (χ2n) is 7.62. The minimum atomic E-state index is -0.579. The van der Waals surface area contributed by atoms with E-state index in [0.717, 1.165) is 6.07 Å². The Kier molecular flexibility index (Phi) is 6.99. The molecular weight excluding hydrogens is 369 g/mol. The van der Waals surface area contributed by atoms with E-state index < -0.39 is 41.8 Å². The fourth-order valence-electron chi connectivity index (χ4n) is 2.85. The number of carbonyl (C=O) groups is 3. The van der Waals surface area contributed by atoms with Crippen LogP contribution >= 0.6 is 0 Å². The highest BCUT2D eigenvalue weighted by Gasteiger charge is 2.31. The minimum Gasteiger partial charge on any atom is -0.496 e. The lowest BCUT2D eigenvalue weighted by Crippen LogP contribution is -2.43. The van der Waals surface area contributed by atoms with Gasteiger partial charge in [-0.2, -0.15) is 0 Å². The molecule has 0 radical (unpaired) electrons. The molecule has 154 valence electrons. The lowest BCUT2D eigenvalue weighted by molar-refractivity contribution is -0.149. The van der Waals surface area contributed by atoms with Gasteiger partial charge in [0.05, 0.1) is 18.6 Å². The van der Waals surface area contributed by atoms with E-state index >= 15 is 0 Å². The van der Waals surface area contributed by atoms with Crippen LogP contribution in [0.15, 0.2) is 18.2 Å². The number of esters is 1. The highest BCUT2D eigenvalue weighted by Crippen LogP contribution is 2.22. The standard InChI is InChI=1S/C20H26FNO6/c1-20(2,3)28-19(25)22-9-7-13(8-10-22)18(24)27-12-16(23)15-11-14(21)5-6-17(15)26-4/h5-6,11,13H,7-10,12H2,1-4H3. The maximum absolute atomic E-state index is 13.4. The van der Waals surface area contributed by atoms with Crippen molar-refractivity contribution < 1.29 is 33.0 Å². The number of hydrogen-bond acceptors (Lipinski definition) is 6. The van der Waals surface area contributed by atoms with Crippen LogP contribution in [0.25, 0.3) is 0 Å². The molecular formula is C20H26FNO6. The molecule has 0 aromatic heterocycles. The van der Waals surface area contributed by atoms with E-state index in [1.165, 1.54) is 19.2 Å². The van der Waals surface area contributed by atoms with Crippen LogP contribution in [0.1, 0.15) is 44.0 Å². The summed E-state index contributed by atoms with van der Waals surface area (Å²) in [6.45, 7) is 5.63. The molecule has 0 unspecified atom stereocenters. The number of benzene rings is 1. The molecule has 8 heteroatoms. The summed E-state index contributed by atoms with van der Waals surface area (Å²) in [6, 6.07) is 3.57. The molecule has 1 saturated heterocycles. The predicted molar refractivity (Wildman–Crippen MR) is 98.8 cm³/mol. The Morgan fingerprint density at radius 3 is 2.39 bits per heavy atom. The molecule has 0 bridgehead atoms. The fraction of sp³-hybridized carbons (Fsp3) is 0.550. The van der Waals surface area contributed by atoms with Gasteiger partial charge in [-0.05, 0) is 51.8 Å². The van der Waals surface area contributed by atoms with Crippen LogP contribution in [0.3, 0.4) is 0 Å². The molecule has 7 nitrogen and oxygen atoms in total. The summed E-state index contributed by atoms with van der Waals surface area (Å²) in [5.41, 5.74) is -0.555. The van der Waals surface area contributed by atoms with Gasteiger partial charge in [0.15, 0.2) is 6.61 Å². The SMILES string of the molecule is COc1ccc(F)cc1C(=O)COC(=O)C1CCN(C(=O)OC(C)(C)C)CC1. The molecule has 1 aromatic carbocycles. The number of amides is 1. The summed E-state index contributed by atoms with van der Waals surface area (Å²) >= 11 is 0. The van der Waals surface area contributed by atoms with Gasteiger partial charge < -0.3 is 19.1 Å². The Bertz CT molecular complexity index is 735. The summed E-state index contributed by atoms with van der Waals surface area (Å²) in [4.78, 5) is 38.1. The van der Waals surface area contributed by atoms with E-state index in [2.05, 4.69) is 0 Å². The van der Waals surface area contributed by atoms with E-state index in [9.17, 15) is 18.8 Å². The number of methoxy groups -OCH3 is 1. The zero-order valence-corrected chi connectivity index (χ0v) is 16.6. The Balaban J connectivity index is 1.84. The van der Waals surface area contributed by atoms with Gasteiger partial charge in [0.2, 0.25) is 5.78 Å². The van der Waals surface area contributed by atoms with Crippen molar-refractivity contribution in [2.45, 2.75) is 39.2 Å². The Hall–Kier alpha value is -2.64. The third kappa shape index (κ3) is 5.94. The van der Waals surface area contributed by atoms with Crippen molar-refractivity contribution in [3.8, 4) is 5.75 Å². The van der Waals surface area contributed by atoms with Crippen molar-refractivity contribution in [2.24, 2.45) is 5.92 Å². The summed E-state index contributed by atoms with van der Waals surface area (Å²) in [7, 11) is 1.37. The molecule has 0 atom stereocenters. The molecule has 2 rings (SSSR count). The van der Waals surface area contributed by atoms with Crippen LogP contribution in [0.5, 0.6) is 5.75 Å². The van der Waals surface area contributed by atoms with Crippen LogP contribution in [0.2, 0.25) is 0 Å². The second-order valence-corrected chi connectivity index (χ2v) is 7.62. The summed E-state index contributed by atoms with van der Waals surface area (Å²) < 4.78 is 28.8. The molecule has 0 N–H and O–H groups in total. The quantitative estimate of drug-likeness (QED) is 0.562. The highest BCUT2D eigenvalue weighted by molar-refractivity contribution is 6.00. The zero-order chi connectivity index (χ0) is 20.9. The maximum Gasteiger partial charge on any atom is 0.410 e. The topological polar surface area (TPSA) is 82.1 Å². The number of rotatable bonds is 5. The number of halogens is 1. The van der Waals surface area contributed by atoms with Gasteiger partial charge in [0, 0.05) is 13.1 Å². The van der Waals surface area contributed by atoms with Crippen LogP contribution in [0, 0.1) is 11.7 Å². The third-order valence-electron chi connectivity index (χ3n) is 4.29. The lowest BCUT2D eigenvalue weighted by atomic mass is 9.97. The van der Waals surface area contributed by atoms with Crippen LogP contribution in [-0.4, -0.2) is 55.2 Å². The number of likely N-dealkylation sites (tertiary alicyclic amines) is 1. The van der Waals surface area contributed by atoms with Crippen molar-refractivity contribution >= 4 is 17.8 Å². The lowest BCUT2D eigenvalue weighted by Gasteiger charge is -2.32. The Morgan fingerprint density at radius 1 is 1.18 bits per heavy atom. The molecule has 28 heavy (non-hydrogen) atoms.